The van der Waals surface area contributed by atoms with E-state index in [4.69, 9.17) is 16.3 Å². The van der Waals surface area contributed by atoms with Gasteiger partial charge in [-0.25, -0.2) is 13.6 Å². The molecule has 6 nitrogen and oxygen atoms in total. The first-order valence-corrected chi connectivity index (χ1v) is 8.62. The first-order valence-electron chi connectivity index (χ1n) is 8.25. The summed E-state index contributed by atoms with van der Waals surface area (Å²) in [6.07, 6.45) is -0.231. The van der Waals surface area contributed by atoms with E-state index in [9.17, 15) is 13.6 Å². The Morgan fingerprint density at radius 3 is 2.59 bits per heavy atom. The van der Waals surface area contributed by atoms with Gasteiger partial charge in [-0.15, -0.1) is 0 Å². The summed E-state index contributed by atoms with van der Waals surface area (Å²) in [6, 6.07) is 11.8. The third kappa shape index (κ3) is 3.21. The molecule has 0 amide bonds. The Labute approximate surface area is 157 Å². The Hall–Kier alpha value is -2.74. The van der Waals surface area contributed by atoms with Crippen LogP contribution >= 0.6 is 11.6 Å². The van der Waals surface area contributed by atoms with Crippen molar-refractivity contribution in [2.75, 3.05) is 0 Å². The van der Waals surface area contributed by atoms with Gasteiger partial charge in [0, 0.05) is 19.0 Å². The van der Waals surface area contributed by atoms with E-state index in [1.165, 1.54) is 7.05 Å². The van der Waals surface area contributed by atoms with E-state index in [1.54, 1.807) is 42.5 Å². The van der Waals surface area contributed by atoms with Crippen LogP contribution in [0.4, 0.5) is 8.78 Å². The lowest BCUT2D eigenvalue weighted by Gasteiger charge is -2.15. The predicted octanol–water partition coefficient (Wildman–Crippen LogP) is 3.32. The third-order valence-corrected chi connectivity index (χ3v) is 4.86. The van der Waals surface area contributed by atoms with E-state index in [2.05, 4.69) is 10.4 Å². The van der Waals surface area contributed by atoms with Crippen molar-refractivity contribution in [1.29, 1.82) is 0 Å². The molecule has 1 aromatic heterocycles. The van der Waals surface area contributed by atoms with Crippen LogP contribution < -0.4 is 10.4 Å². The quantitative estimate of drug-likeness (QED) is 0.668. The Balaban J connectivity index is 1.78. The van der Waals surface area contributed by atoms with Crippen LogP contribution in [0.3, 0.4) is 0 Å². The van der Waals surface area contributed by atoms with Crippen LogP contribution in [-0.4, -0.2) is 25.7 Å². The summed E-state index contributed by atoms with van der Waals surface area (Å²) in [4.78, 5) is 12.3. The van der Waals surface area contributed by atoms with Gasteiger partial charge in [0.15, 0.2) is 0 Å². The number of nitrogens with zero attached hydrogens (tertiary/aromatic N) is 4. The number of halogens is 3. The number of hydrogen-bond acceptors (Lipinski definition) is 4. The van der Waals surface area contributed by atoms with Crippen LogP contribution in [0.15, 0.2) is 47.3 Å². The first-order chi connectivity index (χ1) is 12.9. The molecule has 1 unspecified atom stereocenters. The molecule has 0 radical (unpaired) electrons. The fourth-order valence-electron chi connectivity index (χ4n) is 3.00. The molecule has 0 saturated heterocycles. The second-order valence-electron chi connectivity index (χ2n) is 6.38. The molecule has 1 fully saturated rings. The largest absolute Gasteiger partial charge is 0.487 e. The molecular formula is C18H15ClF2N4O2. The molecular weight excluding hydrogens is 378 g/mol. The molecule has 1 atom stereocenters. The monoisotopic (exact) mass is 392 g/mol. The zero-order valence-corrected chi connectivity index (χ0v) is 15.0. The number of alkyl halides is 2. The minimum atomic E-state index is -2.76. The van der Waals surface area contributed by atoms with Crippen molar-refractivity contribution in [1.82, 2.24) is 19.8 Å². The molecule has 0 spiro atoms. The number of benzene rings is 2. The van der Waals surface area contributed by atoms with Crippen molar-refractivity contribution in [2.24, 2.45) is 7.05 Å². The average molecular weight is 393 g/mol. The third-order valence-electron chi connectivity index (χ3n) is 4.55. The molecule has 1 heterocycles. The van der Waals surface area contributed by atoms with Gasteiger partial charge >= 0.3 is 5.69 Å². The highest BCUT2D eigenvalue weighted by molar-refractivity contribution is 6.32. The van der Waals surface area contributed by atoms with Crippen LogP contribution in [-0.2, 0) is 13.7 Å². The van der Waals surface area contributed by atoms with Gasteiger partial charge in [-0.05, 0) is 34.2 Å². The number of ether oxygens (including phenoxy) is 1. The topological polar surface area (TPSA) is 61.9 Å². The van der Waals surface area contributed by atoms with Crippen LogP contribution in [0.1, 0.15) is 23.5 Å². The van der Waals surface area contributed by atoms with Crippen LogP contribution in [0.2, 0.25) is 5.02 Å². The van der Waals surface area contributed by atoms with Gasteiger partial charge in [0.05, 0.1) is 16.6 Å². The SMILES string of the molecule is Cn1nnn(-c2cccc(C3CC3(F)F)c2COc2ccccc2Cl)c1=O. The highest BCUT2D eigenvalue weighted by Gasteiger charge is 2.58. The Morgan fingerprint density at radius 1 is 1.22 bits per heavy atom. The summed E-state index contributed by atoms with van der Waals surface area (Å²) < 4.78 is 35.4. The van der Waals surface area contributed by atoms with Gasteiger partial charge in [0.25, 0.3) is 5.92 Å². The Bertz CT molecular complexity index is 1060. The number of para-hydroxylation sites is 1. The van der Waals surface area contributed by atoms with Crippen molar-refractivity contribution in [2.45, 2.75) is 24.9 Å². The Kier molecular flexibility index (Phi) is 4.22. The van der Waals surface area contributed by atoms with Crippen molar-refractivity contribution < 1.29 is 13.5 Å². The van der Waals surface area contributed by atoms with Gasteiger partial charge in [0.1, 0.15) is 12.4 Å². The molecule has 2 aromatic carbocycles. The molecule has 0 N–H and O–H groups in total. The van der Waals surface area contributed by atoms with E-state index in [1.807, 2.05) is 0 Å². The maximum atomic E-state index is 13.7. The summed E-state index contributed by atoms with van der Waals surface area (Å²) in [5.41, 5.74) is 0.776. The second kappa shape index (κ2) is 6.45. The number of hydrogen-bond donors (Lipinski definition) is 0. The maximum Gasteiger partial charge on any atom is 0.368 e. The second-order valence-corrected chi connectivity index (χ2v) is 6.79. The number of aromatic nitrogens is 4. The van der Waals surface area contributed by atoms with Crippen molar-refractivity contribution in [3.63, 3.8) is 0 Å². The molecule has 3 aromatic rings. The predicted molar refractivity (Wildman–Crippen MR) is 94.7 cm³/mol. The van der Waals surface area contributed by atoms with Gasteiger partial charge in [-0.2, -0.15) is 9.36 Å². The normalized spacial score (nSPS) is 17.7. The lowest BCUT2D eigenvalue weighted by molar-refractivity contribution is 0.112. The molecule has 140 valence electrons. The minimum Gasteiger partial charge on any atom is -0.487 e. The highest BCUT2D eigenvalue weighted by Crippen LogP contribution is 2.56. The molecule has 1 saturated carbocycles. The molecule has 1 aliphatic rings. The molecule has 27 heavy (non-hydrogen) atoms. The number of aryl methyl sites for hydroxylation is 1. The molecule has 4 rings (SSSR count). The van der Waals surface area contributed by atoms with Gasteiger partial charge in [-0.3, -0.25) is 0 Å². The van der Waals surface area contributed by atoms with E-state index in [0.717, 1.165) is 9.36 Å². The number of tetrazole rings is 1. The van der Waals surface area contributed by atoms with E-state index in [0.29, 0.717) is 27.6 Å². The van der Waals surface area contributed by atoms with Gasteiger partial charge in [0.2, 0.25) is 0 Å². The molecule has 0 bridgehead atoms. The summed E-state index contributed by atoms with van der Waals surface area (Å²) in [5.74, 6) is -3.24. The van der Waals surface area contributed by atoms with E-state index < -0.39 is 17.5 Å². The fourth-order valence-corrected chi connectivity index (χ4v) is 3.19. The van der Waals surface area contributed by atoms with Crippen LogP contribution in [0.25, 0.3) is 5.69 Å². The average Bonchev–Trinajstić information content (AvgIpc) is 3.16. The van der Waals surface area contributed by atoms with Crippen LogP contribution in [0.5, 0.6) is 5.75 Å². The zero-order chi connectivity index (χ0) is 19.2. The summed E-state index contributed by atoms with van der Waals surface area (Å²) in [7, 11) is 1.46. The highest BCUT2D eigenvalue weighted by atomic mass is 35.5. The molecule has 9 heteroatoms. The van der Waals surface area contributed by atoms with Crippen LogP contribution in [0, 0.1) is 0 Å². The minimum absolute atomic E-state index is 0.0369. The zero-order valence-electron chi connectivity index (χ0n) is 14.3. The molecule has 0 aliphatic heterocycles. The van der Waals surface area contributed by atoms with E-state index in [-0.39, 0.29) is 13.0 Å². The summed E-state index contributed by atoms with van der Waals surface area (Å²) >= 11 is 6.11. The summed E-state index contributed by atoms with van der Waals surface area (Å²) in [6.45, 7) is -0.0369. The summed E-state index contributed by atoms with van der Waals surface area (Å²) in [5, 5.41) is 7.92. The van der Waals surface area contributed by atoms with Gasteiger partial charge < -0.3 is 4.74 Å². The standard InChI is InChI=1S/C18H15ClF2N4O2/c1-24-17(26)25(23-22-24)15-7-4-5-11(13-9-18(13,20)21)12(15)10-27-16-8-3-2-6-14(16)19/h2-8,13H,9-10H2,1H3. The Morgan fingerprint density at radius 2 is 1.96 bits per heavy atom. The fraction of sp³-hybridized carbons (Fsp3) is 0.278. The lowest BCUT2D eigenvalue weighted by Crippen LogP contribution is -2.23. The van der Waals surface area contributed by atoms with E-state index >= 15 is 0 Å². The maximum absolute atomic E-state index is 13.7. The van der Waals surface area contributed by atoms with Crippen molar-refractivity contribution in [3.05, 3.63) is 69.1 Å². The lowest BCUT2D eigenvalue weighted by atomic mass is 10.0. The van der Waals surface area contributed by atoms with Crippen molar-refractivity contribution >= 4 is 11.6 Å². The number of rotatable bonds is 5. The van der Waals surface area contributed by atoms with Gasteiger partial charge in [-0.1, -0.05) is 35.9 Å². The first kappa shape index (κ1) is 17.7. The van der Waals surface area contributed by atoms with Crippen molar-refractivity contribution in [3.8, 4) is 11.4 Å². The molecule has 1 aliphatic carbocycles. The smallest absolute Gasteiger partial charge is 0.368 e.